The van der Waals surface area contributed by atoms with Gasteiger partial charge in [-0.2, -0.15) is 10.9 Å². The van der Waals surface area contributed by atoms with Crippen molar-refractivity contribution >= 4 is 11.8 Å². The Bertz CT molecular complexity index is 334. The number of amides is 2. The van der Waals surface area contributed by atoms with Crippen LogP contribution in [0.15, 0.2) is 0 Å². The molecule has 0 saturated carbocycles. The van der Waals surface area contributed by atoms with Gasteiger partial charge in [0.25, 0.3) is 0 Å². The second-order valence-corrected chi connectivity index (χ2v) is 1.91. The second-order valence-electron chi connectivity index (χ2n) is 1.91. The summed E-state index contributed by atoms with van der Waals surface area (Å²) in [5.74, 6) is 4.35. The van der Waals surface area contributed by atoms with E-state index in [4.69, 9.17) is 61.3 Å². The van der Waals surface area contributed by atoms with Gasteiger partial charge in [0.15, 0.2) is 0 Å². The summed E-state index contributed by atoms with van der Waals surface area (Å²) in [6.07, 6.45) is 0. The first-order chi connectivity index (χ1) is 10.6. The third-order valence-corrected chi connectivity index (χ3v) is 0.527. The van der Waals surface area contributed by atoms with E-state index in [1.165, 1.54) is 0 Å². The number of quaternary nitrogens is 2. The van der Waals surface area contributed by atoms with Crippen molar-refractivity contribution < 1.29 is 58.1 Å². The SMILES string of the molecule is O=[N+]([O-])[O-].O=[N+]([O-])[O-].O=[N+]([O-])[O-].O=[N+]([O-])[O-].[NH3+]NC(=O)C(=O)N[NH3+].[Ni+2]. The molecule has 23 heteroatoms. The van der Waals surface area contributed by atoms with E-state index in [1.807, 2.05) is 10.9 Å². The first-order valence-corrected chi connectivity index (χ1v) is 4.06. The largest absolute Gasteiger partial charge is 2.00 e. The summed E-state index contributed by atoms with van der Waals surface area (Å²) in [5.41, 5.74) is 3.75. The maximum absolute atomic E-state index is 10.1. The van der Waals surface area contributed by atoms with Crippen LogP contribution in [0, 0.1) is 61.3 Å². The molecule has 25 heavy (non-hydrogen) atoms. The third-order valence-electron chi connectivity index (χ3n) is 0.527. The van der Waals surface area contributed by atoms with Crippen molar-refractivity contribution in [1.82, 2.24) is 10.9 Å². The molecule has 2 amide bonds. The van der Waals surface area contributed by atoms with E-state index in [2.05, 4.69) is 11.7 Å². The van der Waals surface area contributed by atoms with Gasteiger partial charge in [-0.1, -0.05) is 0 Å². The van der Waals surface area contributed by atoms with E-state index >= 15 is 0 Å². The molecule has 0 aromatic rings. The molecule has 0 saturated heterocycles. The first-order valence-electron chi connectivity index (χ1n) is 4.06. The number of rotatable bonds is 0. The molecule has 22 nitrogen and oxygen atoms in total. The maximum Gasteiger partial charge on any atom is 2.00 e. The van der Waals surface area contributed by atoms with E-state index in [0.717, 1.165) is 0 Å². The van der Waals surface area contributed by atoms with Crippen LogP contribution >= 0.6 is 0 Å². The fraction of sp³-hybridized carbons (Fsp3) is 0. The van der Waals surface area contributed by atoms with Crippen LogP contribution < -0.4 is 22.5 Å². The molecule has 0 bridgehead atoms. The van der Waals surface area contributed by atoms with Gasteiger partial charge >= 0.3 is 28.3 Å². The van der Waals surface area contributed by atoms with Crippen LogP contribution in [0.25, 0.3) is 0 Å². The Balaban J connectivity index is -0.0000000467. The minimum absolute atomic E-state index is 0. The first kappa shape index (κ1) is 37.4. The van der Waals surface area contributed by atoms with Crippen LogP contribution in [0.2, 0.25) is 0 Å². The third kappa shape index (κ3) is 385. The Morgan fingerprint density at radius 1 is 0.560 bits per heavy atom. The monoisotopic (exact) mass is 426 g/mol. The van der Waals surface area contributed by atoms with Gasteiger partial charge in [0, 0.05) is 0 Å². The number of hydrogen-bond acceptors (Lipinski definition) is 14. The Morgan fingerprint density at radius 2 is 0.640 bits per heavy atom. The fourth-order valence-corrected chi connectivity index (χ4v) is 0.161. The van der Waals surface area contributed by atoms with E-state index in [-0.39, 0.29) is 16.5 Å². The van der Waals surface area contributed by atoms with Crippen LogP contribution in [0.5, 0.6) is 0 Å². The van der Waals surface area contributed by atoms with Crippen molar-refractivity contribution in [3.8, 4) is 0 Å². The molecule has 0 radical (unpaired) electrons. The van der Waals surface area contributed by atoms with Crippen molar-refractivity contribution in [2.24, 2.45) is 0 Å². The van der Waals surface area contributed by atoms with Crippen LogP contribution in [0.4, 0.5) is 0 Å². The molecule has 0 aromatic heterocycles. The van der Waals surface area contributed by atoms with Gasteiger partial charge < -0.3 is 61.3 Å². The predicted molar refractivity (Wildman–Crippen MR) is 63.5 cm³/mol. The fourth-order valence-electron chi connectivity index (χ4n) is 0.161. The minimum Gasteiger partial charge on any atom is -0.356 e. The van der Waals surface area contributed by atoms with Gasteiger partial charge in [-0.25, -0.2) is 0 Å². The zero-order chi connectivity index (χ0) is 20.9. The molecule has 0 aliphatic heterocycles. The van der Waals surface area contributed by atoms with Gasteiger partial charge in [-0.3, -0.25) is 21.3 Å². The quantitative estimate of drug-likeness (QED) is 0.121. The number of carbonyl (C=O) groups excluding carboxylic acids is 2. The van der Waals surface area contributed by atoms with Crippen molar-refractivity contribution in [3.05, 3.63) is 61.3 Å². The summed E-state index contributed by atoms with van der Waals surface area (Å²) in [6, 6.07) is 0. The molecular formula is C2H8N8NiO14. The summed E-state index contributed by atoms with van der Waals surface area (Å²) in [4.78, 5) is 53.2. The molecule has 0 aliphatic rings. The summed E-state index contributed by atoms with van der Waals surface area (Å²) < 4.78 is 0. The average Bonchev–Trinajstić information content (AvgIpc) is 2.34. The van der Waals surface area contributed by atoms with Crippen LogP contribution in [0.3, 0.4) is 0 Å². The number of nitrogens with one attached hydrogen (secondary N) is 2. The normalized spacial score (nSPS) is 6.32. The van der Waals surface area contributed by atoms with Gasteiger partial charge in [-0.05, 0) is 0 Å². The summed E-state index contributed by atoms with van der Waals surface area (Å²) in [7, 11) is 0. The topological polar surface area (TPSA) is 378 Å². The second kappa shape index (κ2) is 28.3. The summed E-state index contributed by atoms with van der Waals surface area (Å²) in [5, 5.41) is 59.0. The Labute approximate surface area is 143 Å². The van der Waals surface area contributed by atoms with E-state index < -0.39 is 32.2 Å². The van der Waals surface area contributed by atoms with Crippen molar-refractivity contribution in [2.75, 3.05) is 0 Å². The number of nitrogens with zero attached hydrogens (tertiary/aromatic N) is 4. The maximum atomic E-state index is 10.1. The van der Waals surface area contributed by atoms with Gasteiger partial charge in [-0.15, -0.1) is 0 Å². The number of carbonyl (C=O) groups is 2. The molecule has 150 valence electrons. The summed E-state index contributed by atoms with van der Waals surface area (Å²) in [6.45, 7) is 0. The molecule has 0 atom stereocenters. The standard InChI is InChI=1S/C2H6N4O2.4NO3.Ni/c3-5-1(7)2(8)6-4;4*2-1(3)4;/h3-4H2,(H,5,7)(H,6,8);;;;;/q;4*-1;+2/p+2. The molecule has 0 aliphatic carbocycles. The summed E-state index contributed by atoms with van der Waals surface area (Å²) >= 11 is 0. The van der Waals surface area contributed by atoms with E-state index in [0.29, 0.717) is 0 Å². The van der Waals surface area contributed by atoms with Gasteiger partial charge in [0.05, 0.1) is 20.3 Å². The minimum atomic E-state index is -1.75. The molecule has 8 N–H and O–H groups in total. The van der Waals surface area contributed by atoms with Crippen LogP contribution in [-0.4, -0.2) is 32.2 Å². The zero-order valence-corrected chi connectivity index (χ0v) is 12.2. The van der Waals surface area contributed by atoms with Gasteiger partial charge in [0.2, 0.25) is 0 Å². The van der Waals surface area contributed by atoms with Crippen molar-refractivity contribution in [2.45, 2.75) is 0 Å². The molecule has 0 heterocycles. The van der Waals surface area contributed by atoms with E-state index in [9.17, 15) is 9.59 Å². The molecule has 0 aromatic carbocycles. The Hall–Kier alpha value is -3.85. The average molecular weight is 427 g/mol. The zero-order valence-electron chi connectivity index (χ0n) is 11.2. The van der Waals surface area contributed by atoms with Crippen molar-refractivity contribution in [3.63, 3.8) is 0 Å². The molecule has 0 rings (SSSR count). The smallest absolute Gasteiger partial charge is 0.356 e. The predicted octanol–water partition coefficient (Wildman–Crippen LogP) is -5.43. The molecule has 0 spiro atoms. The molecule has 0 fully saturated rings. The van der Waals surface area contributed by atoms with Crippen LogP contribution in [0.1, 0.15) is 0 Å². The van der Waals surface area contributed by atoms with E-state index in [1.54, 1.807) is 0 Å². The molecular weight excluding hydrogens is 419 g/mol. The Morgan fingerprint density at radius 3 is 0.680 bits per heavy atom. The molecule has 0 unspecified atom stereocenters. The van der Waals surface area contributed by atoms with Crippen molar-refractivity contribution in [1.29, 1.82) is 0 Å². The number of hydrogen-bond donors (Lipinski definition) is 4. The Kier molecular flexibility index (Phi) is 42.4. The van der Waals surface area contributed by atoms with Crippen LogP contribution in [-0.2, 0) is 26.1 Å². The van der Waals surface area contributed by atoms with Gasteiger partial charge in [0.1, 0.15) is 0 Å².